The first-order chi connectivity index (χ1) is 9.52. The molecule has 0 spiro atoms. The number of methoxy groups -OCH3 is 1. The molecule has 1 N–H and O–H groups in total. The first kappa shape index (κ1) is 15.1. The smallest absolute Gasteiger partial charge is 0.129 e. The van der Waals surface area contributed by atoms with Crippen LogP contribution in [0.1, 0.15) is 30.1 Å². The first-order valence-corrected chi connectivity index (χ1v) is 6.91. The molecule has 0 aliphatic carbocycles. The van der Waals surface area contributed by atoms with Gasteiger partial charge in [0.15, 0.2) is 0 Å². The van der Waals surface area contributed by atoms with Gasteiger partial charge in [-0.1, -0.05) is 30.1 Å². The van der Waals surface area contributed by atoms with E-state index in [0.717, 1.165) is 5.56 Å². The second kappa shape index (κ2) is 6.44. The minimum atomic E-state index is -0.722. The van der Waals surface area contributed by atoms with Gasteiger partial charge in [-0.3, -0.25) is 0 Å². The van der Waals surface area contributed by atoms with Crippen molar-refractivity contribution >= 4 is 23.2 Å². The van der Waals surface area contributed by atoms with Crippen LogP contribution in [0.4, 0.5) is 0 Å². The molecular formula is C15H15Cl2NO2. The number of aromatic nitrogens is 1. The minimum absolute atomic E-state index is 0.198. The van der Waals surface area contributed by atoms with E-state index in [2.05, 4.69) is 4.98 Å². The van der Waals surface area contributed by atoms with E-state index in [0.29, 0.717) is 21.5 Å². The minimum Gasteiger partial charge on any atom is -0.497 e. The van der Waals surface area contributed by atoms with Gasteiger partial charge in [0.25, 0.3) is 0 Å². The van der Waals surface area contributed by atoms with Crippen LogP contribution in [0.3, 0.4) is 0 Å². The van der Waals surface area contributed by atoms with Crippen LogP contribution in [0.15, 0.2) is 36.5 Å². The van der Waals surface area contributed by atoms with Crippen molar-refractivity contribution in [2.24, 2.45) is 0 Å². The van der Waals surface area contributed by atoms with Crippen LogP contribution < -0.4 is 4.74 Å². The fraction of sp³-hybridized carbons (Fsp3) is 0.267. The predicted molar refractivity (Wildman–Crippen MR) is 80.6 cm³/mol. The second-order valence-corrected chi connectivity index (χ2v) is 5.33. The number of hydrogen-bond acceptors (Lipinski definition) is 3. The van der Waals surface area contributed by atoms with E-state index in [1.54, 1.807) is 37.6 Å². The molecule has 0 saturated heterocycles. The van der Waals surface area contributed by atoms with Crippen molar-refractivity contribution in [3.8, 4) is 5.75 Å². The molecule has 2 atom stereocenters. The monoisotopic (exact) mass is 311 g/mol. The Morgan fingerprint density at radius 1 is 1.20 bits per heavy atom. The average molecular weight is 312 g/mol. The van der Waals surface area contributed by atoms with Gasteiger partial charge >= 0.3 is 0 Å². The normalized spacial score (nSPS) is 13.8. The number of ether oxygens (including phenoxy) is 1. The molecule has 0 saturated carbocycles. The van der Waals surface area contributed by atoms with Crippen LogP contribution in [0.5, 0.6) is 5.75 Å². The summed E-state index contributed by atoms with van der Waals surface area (Å²) in [5.74, 6) is 0.507. The van der Waals surface area contributed by atoms with Crippen molar-refractivity contribution in [1.29, 1.82) is 0 Å². The maximum Gasteiger partial charge on any atom is 0.129 e. The maximum absolute atomic E-state index is 10.5. The lowest BCUT2D eigenvalue weighted by Gasteiger charge is -2.21. The quantitative estimate of drug-likeness (QED) is 0.859. The Balaban J connectivity index is 2.33. The topological polar surface area (TPSA) is 42.4 Å². The van der Waals surface area contributed by atoms with Gasteiger partial charge in [-0.2, -0.15) is 0 Å². The second-order valence-electron chi connectivity index (χ2n) is 4.53. The molecule has 5 heteroatoms. The lowest BCUT2D eigenvalue weighted by molar-refractivity contribution is 0.151. The Morgan fingerprint density at radius 3 is 2.60 bits per heavy atom. The molecule has 1 aromatic heterocycles. The summed E-state index contributed by atoms with van der Waals surface area (Å²) in [5, 5.41) is 11.4. The van der Waals surface area contributed by atoms with E-state index in [1.165, 1.54) is 0 Å². The third-order valence-corrected chi connectivity index (χ3v) is 3.81. The number of aliphatic hydroxyl groups excluding tert-OH is 1. The number of halogens is 2. The van der Waals surface area contributed by atoms with Crippen molar-refractivity contribution in [3.63, 3.8) is 0 Å². The summed E-state index contributed by atoms with van der Waals surface area (Å²) < 4.78 is 5.19. The molecule has 0 aliphatic heterocycles. The Morgan fingerprint density at radius 2 is 1.95 bits per heavy atom. The van der Waals surface area contributed by atoms with Crippen LogP contribution in [0, 0.1) is 0 Å². The van der Waals surface area contributed by atoms with Crippen molar-refractivity contribution in [3.05, 3.63) is 57.8 Å². The molecule has 0 fully saturated rings. The molecule has 0 amide bonds. The molecule has 0 radical (unpaired) electrons. The fourth-order valence-corrected chi connectivity index (χ4v) is 2.53. The van der Waals surface area contributed by atoms with Crippen molar-refractivity contribution in [2.45, 2.75) is 18.9 Å². The molecule has 0 unspecified atom stereocenters. The molecule has 20 heavy (non-hydrogen) atoms. The molecule has 3 nitrogen and oxygen atoms in total. The summed E-state index contributed by atoms with van der Waals surface area (Å²) in [7, 11) is 1.59. The highest BCUT2D eigenvalue weighted by Crippen LogP contribution is 2.36. The van der Waals surface area contributed by atoms with Gasteiger partial charge in [0.2, 0.25) is 0 Å². The Labute approximate surface area is 128 Å². The van der Waals surface area contributed by atoms with Crippen molar-refractivity contribution < 1.29 is 9.84 Å². The molecule has 0 bridgehead atoms. The van der Waals surface area contributed by atoms with Gasteiger partial charge in [0.1, 0.15) is 10.9 Å². The number of nitrogens with zero attached hydrogens (tertiary/aromatic N) is 1. The SMILES string of the molecule is COc1ccc(Cl)c([C@@H](C)[C@@H](O)c2ccnc(Cl)c2)c1. The number of hydrogen-bond donors (Lipinski definition) is 1. The third-order valence-electron chi connectivity index (χ3n) is 3.26. The van der Waals surface area contributed by atoms with Crippen LogP contribution in [-0.4, -0.2) is 17.2 Å². The highest BCUT2D eigenvalue weighted by atomic mass is 35.5. The molecular weight excluding hydrogens is 297 g/mol. The lowest BCUT2D eigenvalue weighted by atomic mass is 9.91. The zero-order valence-corrected chi connectivity index (χ0v) is 12.7. The molecule has 106 valence electrons. The van der Waals surface area contributed by atoms with E-state index < -0.39 is 6.10 Å². The van der Waals surface area contributed by atoms with Crippen LogP contribution >= 0.6 is 23.2 Å². The van der Waals surface area contributed by atoms with Crippen LogP contribution in [-0.2, 0) is 0 Å². The predicted octanol–water partition coefficient (Wildman–Crippen LogP) is 4.23. The van der Waals surface area contributed by atoms with E-state index in [4.69, 9.17) is 27.9 Å². The Bertz CT molecular complexity index is 604. The summed E-state index contributed by atoms with van der Waals surface area (Å²) in [6.45, 7) is 1.90. The van der Waals surface area contributed by atoms with E-state index in [9.17, 15) is 5.11 Å². The van der Waals surface area contributed by atoms with Gasteiger partial charge in [-0.05, 0) is 41.5 Å². The number of aliphatic hydroxyl groups is 1. The highest BCUT2D eigenvalue weighted by molar-refractivity contribution is 6.31. The third kappa shape index (κ3) is 3.23. The van der Waals surface area contributed by atoms with E-state index >= 15 is 0 Å². The summed E-state index contributed by atoms with van der Waals surface area (Å²) in [4.78, 5) is 3.91. The Kier molecular flexibility index (Phi) is 4.86. The number of rotatable bonds is 4. The van der Waals surface area contributed by atoms with Crippen LogP contribution in [0.25, 0.3) is 0 Å². The van der Waals surface area contributed by atoms with Crippen LogP contribution in [0.2, 0.25) is 10.2 Å². The zero-order chi connectivity index (χ0) is 14.7. The summed E-state index contributed by atoms with van der Waals surface area (Å²) in [6.07, 6.45) is 0.848. The van der Waals surface area contributed by atoms with E-state index in [1.807, 2.05) is 13.0 Å². The summed E-state index contributed by atoms with van der Waals surface area (Å²) >= 11 is 12.1. The van der Waals surface area contributed by atoms with Gasteiger partial charge < -0.3 is 9.84 Å². The average Bonchev–Trinajstić information content (AvgIpc) is 2.46. The number of pyridine rings is 1. The summed E-state index contributed by atoms with van der Waals surface area (Å²) in [6, 6.07) is 8.77. The summed E-state index contributed by atoms with van der Waals surface area (Å²) in [5.41, 5.74) is 1.53. The Hall–Kier alpha value is -1.29. The van der Waals surface area contributed by atoms with Gasteiger partial charge in [0.05, 0.1) is 13.2 Å². The number of benzene rings is 1. The van der Waals surface area contributed by atoms with Gasteiger partial charge in [-0.15, -0.1) is 0 Å². The first-order valence-electron chi connectivity index (χ1n) is 6.16. The zero-order valence-electron chi connectivity index (χ0n) is 11.2. The fourth-order valence-electron chi connectivity index (χ4n) is 2.06. The maximum atomic E-state index is 10.5. The van der Waals surface area contributed by atoms with Crippen molar-refractivity contribution in [1.82, 2.24) is 4.98 Å². The lowest BCUT2D eigenvalue weighted by Crippen LogP contribution is -2.08. The van der Waals surface area contributed by atoms with E-state index in [-0.39, 0.29) is 5.92 Å². The van der Waals surface area contributed by atoms with Gasteiger partial charge in [-0.25, -0.2) is 4.98 Å². The molecule has 2 rings (SSSR count). The molecule has 2 aromatic rings. The standard InChI is InChI=1S/C15H15Cl2NO2/c1-9(12-8-11(20-2)3-4-13(12)16)15(19)10-5-6-18-14(17)7-10/h3-9,15,19H,1-2H3/t9-,15-/m1/s1. The largest absolute Gasteiger partial charge is 0.497 e. The van der Waals surface area contributed by atoms with Crippen molar-refractivity contribution in [2.75, 3.05) is 7.11 Å². The molecule has 1 heterocycles. The molecule has 1 aromatic carbocycles. The molecule has 0 aliphatic rings. The van der Waals surface area contributed by atoms with Gasteiger partial charge in [0, 0.05) is 17.1 Å². The highest BCUT2D eigenvalue weighted by Gasteiger charge is 2.21.